The summed E-state index contributed by atoms with van der Waals surface area (Å²) in [6.07, 6.45) is 0.953. The first-order chi connectivity index (χ1) is 6.20. The summed E-state index contributed by atoms with van der Waals surface area (Å²) in [5, 5.41) is 9.66. The van der Waals surface area contributed by atoms with Gasteiger partial charge >= 0.3 is 0 Å². The summed E-state index contributed by atoms with van der Waals surface area (Å²) < 4.78 is 0. The van der Waals surface area contributed by atoms with Crippen LogP contribution in [0.2, 0.25) is 0 Å². The van der Waals surface area contributed by atoms with Crippen LogP contribution in [0.5, 0.6) is 5.75 Å². The summed E-state index contributed by atoms with van der Waals surface area (Å²) in [5.41, 5.74) is 8.10. The second kappa shape index (κ2) is 3.24. The Hall–Kier alpha value is -0.670. The molecule has 13 heavy (non-hydrogen) atoms. The molecule has 0 bridgehead atoms. The zero-order valence-electron chi connectivity index (χ0n) is 7.58. The van der Waals surface area contributed by atoms with E-state index in [2.05, 4.69) is 6.92 Å². The summed E-state index contributed by atoms with van der Waals surface area (Å²) >= 11 is 1.79. The molecule has 0 unspecified atom stereocenters. The van der Waals surface area contributed by atoms with Gasteiger partial charge in [0.2, 0.25) is 0 Å². The molecule has 2 rings (SSSR count). The van der Waals surface area contributed by atoms with Crippen LogP contribution in [0.15, 0.2) is 17.0 Å². The topological polar surface area (TPSA) is 46.2 Å². The van der Waals surface area contributed by atoms with Gasteiger partial charge in [0.15, 0.2) is 0 Å². The van der Waals surface area contributed by atoms with E-state index in [-0.39, 0.29) is 6.04 Å². The lowest BCUT2D eigenvalue weighted by Crippen LogP contribution is -2.16. The van der Waals surface area contributed by atoms with Crippen molar-refractivity contribution in [2.75, 3.05) is 5.75 Å². The molecule has 0 fully saturated rings. The van der Waals surface area contributed by atoms with Crippen molar-refractivity contribution in [2.45, 2.75) is 24.3 Å². The van der Waals surface area contributed by atoms with Crippen molar-refractivity contribution in [3.63, 3.8) is 0 Å². The summed E-state index contributed by atoms with van der Waals surface area (Å²) in [5.74, 6) is 1.40. The van der Waals surface area contributed by atoms with Gasteiger partial charge in [-0.3, -0.25) is 0 Å². The molecule has 0 amide bonds. The maximum Gasteiger partial charge on any atom is 0.121 e. The molecule has 1 aromatic rings. The van der Waals surface area contributed by atoms with E-state index in [1.54, 1.807) is 17.8 Å². The number of aryl methyl sites for hydroxylation is 1. The summed E-state index contributed by atoms with van der Waals surface area (Å²) in [4.78, 5) is 1.18. The van der Waals surface area contributed by atoms with Crippen molar-refractivity contribution >= 4 is 11.8 Å². The van der Waals surface area contributed by atoms with Crippen molar-refractivity contribution in [2.24, 2.45) is 5.73 Å². The SMILES string of the molecule is Cc1ccc(O)c2c1SCC[C@@H]2N. The second-order valence-corrected chi connectivity index (χ2v) is 4.49. The van der Waals surface area contributed by atoms with Gasteiger partial charge in [-0.25, -0.2) is 0 Å². The Bertz CT molecular complexity index is 338. The van der Waals surface area contributed by atoms with E-state index in [4.69, 9.17) is 5.73 Å². The minimum atomic E-state index is 0.0103. The van der Waals surface area contributed by atoms with Gasteiger partial charge in [-0.1, -0.05) is 6.07 Å². The molecule has 1 heterocycles. The third-order valence-electron chi connectivity index (χ3n) is 2.42. The van der Waals surface area contributed by atoms with E-state index >= 15 is 0 Å². The van der Waals surface area contributed by atoms with E-state index in [1.165, 1.54) is 10.5 Å². The highest BCUT2D eigenvalue weighted by molar-refractivity contribution is 7.99. The average molecular weight is 195 g/mol. The first kappa shape index (κ1) is 8.91. The average Bonchev–Trinajstić information content (AvgIpc) is 2.12. The van der Waals surface area contributed by atoms with Crippen LogP contribution in [0.1, 0.15) is 23.6 Å². The van der Waals surface area contributed by atoms with Gasteiger partial charge in [0.05, 0.1) is 0 Å². The standard InChI is InChI=1S/C10H13NOS/c1-6-2-3-8(12)9-7(11)4-5-13-10(6)9/h2-3,7,12H,4-5,11H2,1H3/t7-/m0/s1. The number of phenolic OH excluding ortho intramolecular Hbond substituents is 1. The highest BCUT2D eigenvalue weighted by Gasteiger charge is 2.21. The van der Waals surface area contributed by atoms with Gasteiger partial charge in [0, 0.05) is 16.5 Å². The third-order valence-corrected chi connectivity index (χ3v) is 3.69. The van der Waals surface area contributed by atoms with Crippen molar-refractivity contribution < 1.29 is 5.11 Å². The number of phenols is 1. The second-order valence-electron chi connectivity index (χ2n) is 3.39. The maximum absolute atomic E-state index is 9.66. The first-order valence-electron chi connectivity index (χ1n) is 4.41. The quantitative estimate of drug-likeness (QED) is 0.667. The van der Waals surface area contributed by atoms with E-state index in [0.29, 0.717) is 5.75 Å². The molecule has 1 aromatic carbocycles. The lowest BCUT2D eigenvalue weighted by atomic mass is 10.0. The van der Waals surface area contributed by atoms with Crippen molar-refractivity contribution in [3.8, 4) is 5.75 Å². The van der Waals surface area contributed by atoms with Gasteiger partial charge in [-0.2, -0.15) is 0 Å². The molecule has 0 aromatic heterocycles. The van der Waals surface area contributed by atoms with Crippen LogP contribution in [0.25, 0.3) is 0 Å². The largest absolute Gasteiger partial charge is 0.508 e. The third kappa shape index (κ3) is 1.42. The van der Waals surface area contributed by atoms with Crippen LogP contribution in [0.4, 0.5) is 0 Å². The Labute approximate surface area is 82.1 Å². The molecule has 0 aliphatic carbocycles. The fourth-order valence-corrected chi connectivity index (χ4v) is 2.96. The number of hydrogen-bond donors (Lipinski definition) is 2. The minimum absolute atomic E-state index is 0.0103. The number of thioether (sulfide) groups is 1. The highest BCUT2D eigenvalue weighted by atomic mass is 32.2. The number of fused-ring (bicyclic) bond motifs is 1. The van der Waals surface area contributed by atoms with Crippen LogP contribution < -0.4 is 5.73 Å². The zero-order chi connectivity index (χ0) is 9.42. The number of nitrogens with two attached hydrogens (primary N) is 1. The van der Waals surface area contributed by atoms with Crippen LogP contribution in [0.3, 0.4) is 0 Å². The molecule has 0 radical (unpaired) electrons. The molecule has 0 saturated carbocycles. The number of hydrogen-bond acceptors (Lipinski definition) is 3. The molecular formula is C10H13NOS. The van der Waals surface area contributed by atoms with Crippen molar-refractivity contribution in [1.82, 2.24) is 0 Å². The maximum atomic E-state index is 9.66. The van der Waals surface area contributed by atoms with Gasteiger partial charge in [-0.15, -0.1) is 11.8 Å². The minimum Gasteiger partial charge on any atom is -0.508 e. The van der Waals surface area contributed by atoms with Crippen LogP contribution >= 0.6 is 11.8 Å². The molecule has 3 heteroatoms. The predicted octanol–water partition coefficient (Wildman–Crippen LogP) is 2.20. The molecule has 1 aliphatic rings. The van der Waals surface area contributed by atoms with E-state index in [9.17, 15) is 5.11 Å². The highest BCUT2D eigenvalue weighted by Crippen LogP contribution is 2.41. The van der Waals surface area contributed by atoms with Crippen molar-refractivity contribution in [3.05, 3.63) is 23.3 Å². The molecule has 3 N–H and O–H groups in total. The summed E-state index contributed by atoms with van der Waals surface area (Å²) in [6, 6.07) is 3.69. The monoisotopic (exact) mass is 195 g/mol. The lowest BCUT2D eigenvalue weighted by Gasteiger charge is -2.23. The van der Waals surface area contributed by atoms with Crippen molar-refractivity contribution in [1.29, 1.82) is 0 Å². The molecule has 1 aliphatic heterocycles. The van der Waals surface area contributed by atoms with Crippen LogP contribution in [0, 0.1) is 6.92 Å². The lowest BCUT2D eigenvalue weighted by molar-refractivity contribution is 0.455. The smallest absolute Gasteiger partial charge is 0.121 e. The summed E-state index contributed by atoms with van der Waals surface area (Å²) in [7, 11) is 0. The Morgan fingerprint density at radius 1 is 1.54 bits per heavy atom. The van der Waals surface area contributed by atoms with E-state index < -0.39 is 0 Å². The fraction of sp³-hybridized carbons (Fsp3) is 0.400. The molecule has 0 saturated heterocycles. The first-order valence-corrected chi connectivity index (χ1v) is 5.39. The Kier molecular flexibility index (Phi) is 2.22. The normalized spacial score (nSPS) is 21.2. The molecular weight excluding hydrogens is 182 g/mol. The number of aromatic hydroxyl groups is 1. The van der Waals surface area contributed by atoms with Crippen LogP contribution in [-0.2, 0) is 0 Å². The fourth-order valence-electron chi connectivity index (χ4n) is 1.68. The zero-order valence-corrected chi connectivity index (χ0v) is 8.40. The molecule has 2 nitrogen and oxygen atoms in total. The Morgan fingerprint density at radius 3 is 3.00 bits per heavy atom. The van der Waals surface area contributed by atoms with E-state index in [1.807, 2.05) is 6.07 Å². The predicted molar refractivity (Wildman–Crippen MR) is 55.1 cm³/mol. The van der Waals surface area contributed by atoms with Gasteiger partial charge in [0.1, 0.15) is 5.75 Å². The van der Waals surface area contributed by atoms with Gasteiger partial charge < -0.3 is 10.8 Å². The summed E-state index contributed by atoms with van der Waals surface area (Å²) in [6.45, 7) is 2.06. The van der Waals surface area contributed by atoms with Gasteiger partial charge in [0.25, 0.3) is 0 Å². The Balaban J connectivity index is 2.60. The molecule has 70 valence electrons. The van der Waals surface area contributed by atoms with Gasteiger partial charge in [-0.05, 0) is 30.7 Å². The van der Waals surface area contributed by atoms with E-state index in [0.717, 1.165) is 17.7 Å². The van der Waals surface area contributed by atoms with Crippen LogP contribution in [-0.4, -0.2) is 10.9 Å². The number of rotatable bonds is 0. The Morgan fingerprint density at radius 2 is 2.31 bits per heavy atom. The number of benzene rings is 1. The molecule has 0 spiro atoms. The molecule has 1 atom stereocenters.